The summed E-state index contributed by atoms with van der Waals surface area (Å²) >= 11 is 1.21. The minimum absolute atomic E-state index is 0.229. The van der Waals surface area contributed by atoms with Crippen LogP contribution in [0.25, 0.3) is 0 Å². The van der Waals surface area contributed by atoms with Crippen molar-refractivity contribution >= 4 is 27.0 Å². The fraction of sp³-hybridized carbons (Fsp3) is 0.286. The first-order valence-corrected chi connectivity index (χ1v) is 8.65. The minimum atomic E-state index is -3.69. The lowest BCUT2D eigenvalue weighted by Gasteiger charge is -2.07. The smallest absolute Gasteiger partial charge is 0.271 e. The zero-order valence-electron chi connectivity index (χ0n) is 12.0. The molecule has 0 aliphatic rings. The molecule has 0 fully saturated rings. The van der Waals surface area contributed by atoms with Crippen LogP contribution < -0.4 is 10.0 Å². The van der Waals surface area contributed by atoms with Gasteiger partial charge in [0.25, 0.3) is 10.0 Å². The molecule has 114 valence electrons. The summed E-state index contributed by atoms with van der Waals surface area (Å²) < 4.78 is 40.7. The predicted octanol–water partition coefficient (Wildman–Crippen LogP) is 3.02. The lowest BCUT2D eigenvalue weighted by molar-refractivity contribution is 0.603. The molecular weight excluding hydrogens is 311 g/mol. The standard InChI is InChI=1S/C14H17FN2O2S2/c1-9-4-11(15)7-12(5-9)17-21(18,19)14-6-10(2)13(20-14)8-16-3/h4-7,16-17H,8H2,1-3H3. The van der Waals surface area contributed by atoms with Gasteiger partial charge >= 0.3 is 0 Å². The van der Waals surface area contributed by atoms with Crippen molar-refractivity contribution in [1.82, 2.24) is 5.32 Å². The van der Waals surface area contributed by atoms with Crippen molar-refractivity contribution < 1.29 is 12.8 Å². The van der Waals surface area contributed by atoms with Crippen LogP contribution in [-0.4, -0.2) is 15.5 Å². The number of anilines is 1. The molecule has 21 heavy (non-hydrogen) atoms. The van der Waals surface area contributed by atoms with Gasteiger partial charge in [-0.3, -0.25) is 4.72 Å². The van der Waals surface area contributed by atoms with Crippen LogP contribution in [0.5, 0.6) is 0 Å². The molecule has 0 spiro atoms. The van der Waals surface area contributed by atoms with E-state index < -0.39 is 15.8 Å². The van der Waals surface area contributed by atoms with Crippen LogP contribution in [0.4, 0.5) is 10.1 Å². The Morgan fingerprint density at radius 1 is 1.19 bits per heavy atom. The summed E-state index contributed by atoms with van der Waals surface area (Å²) in [7, 11) is -1.89. The highest BCUT2D eigenvalue weighted by Gasteiger charge is 2.19. The molecule has 0 bridgehead atoms. The van der Waals surface area contributed by atoms with Gasteiger partial charge in [-0.25, -0.2) is 12.8 Å². The molecule has 0 amide bonds. The first-order chi connectivity index (χ1) is 9.81. The summed E-state index contributed by atoms with van der Waals surface area (Å²) in [6, 6.07) is 5.74. The maximum Gasteiger partial charge on any atom is 0.271 e. The summed E-state index contributed by atoms with van der Waals surface area (Å²) in [5.74, 6) is -0.467. The van der Waals surface area contributed by atoms with Gasteiger partial charge < -0.3 is 5.32 Å². The van der Waals surface area contributed by atoms with Gasteiger partial charge in [-0.2, -0.15) is 0 Å². The van der Waals surface area contributed by atoms with E-state index in [1.54, 1.807) is 26.1 Å². The molecule has 2 aromatic rings. The molecule has 0 atom stereocenters. The Kier molecular flexibility index (Phi) is 4.65. The van der Waals surface area contributed by atoms with E-state index in [1.165, 1.54) is 23.5 Å². The summed E-state index contributed by atoms with van der Waals surface area (Å²) in [6.07, 6.45) is 0. The quantitative estimate of drug-likeness (QED) is 0.887. The highest BCUT2D eigenvalue weighted by Crippen LogP contribution is 2.28. The average Bonchev–Trinajstić information content (AvgIpc) is 2.70. The lowest BCUT2D eigenvalue weighted by atomic mass is 10.2. The molecule has 0 radical (unpaired) electrons. The molecule has 1 heterocycles. The Bertz CT molecular complexity index is 734. The number of thiophene rings is 1. The molecule has 0 aliphatic carbocycles. The number of hydrogen-bond acceptors (Lipinski definition) is 4. The predicted molar refractivity (Wildman–Crippen MR) is 83.8 cm³/mol. The van der Waals surface area contributed by atoms with E-state index in [1.807, 2.05) is 6.92 Å². The van der Waals surface area contributed by atoms with Crippen LogP contribution in [0.3, 0.4) is 0 Å². The summed E-state index contributed by atoms with van der Waals surface area (Å²) in [5, 5.41) is 3.00. The van der Waals surface area contributed by atoms with Gasteiger partial charge in [0.2, 0.25) is 0 Å². The fourth-order valence-electron chi connectivity index (χ4n) is 1.96. The fourth-order valence-corrected chi connectivity index (χ4v) is 4.60. The van der Waals surface area contributed by atoms with E-state index in [0.29, 0.717) is 12.1 Å². The zero-order valence-corrected chi connectivity index (χ0v) is 13.7. The molecule has 7 heteroatoms. The third-order valence-electron chi connectivity index (χ3n) is 2.89. The van der Waals surface area contributed by atoms with Gasteiger partial charge in [-0.15, -0.1) is 11.3 Å². The van der Waals surface area contributed by atoms with Crippen LogP contribution in [0, 0.1) is 19.7 Å². The number of halogens is 1. The number of rotatable bonds is 5. The summed E-state index contributed by atoms with van der Waals surface area (Å²) in [4.78, 5) is 0.966. The first kappa shape index (κ1) is 15.9. The van der Waals surface area contributed by atoms with Gasteiger partial charge in [0.1, 0.15) is 10.0 Å². The molecule has 0 aliphatic heterocycles. The molecule has 2 rings (SSSR count). The Morgan fingerprint density at radius 2 is 1.90 bits per heavy atom. The number of nitrogens with one attached hydrogen (secondary N) is 2. The van der Waals surface area contributed by atoms with Gasteiger partial charge in [-0.1, -0.05) is 0 Å². The van der Waals surface area contributed by atoms with Crippen LogP contribution >= 0.6 is 11.3 Å². The van der Waals surface area contributed by atoms with E-state index in [0.717, 1.165) is 10.4 Å². The Morgan fingerprint density at radius 3 is 2.52 bits per heavy atom. The lowest BCUT2D eigenvalue weighted by Crippen LogP contribution is -2.11. The molecule has 0 saturated heterocycles. The largest absolute Gasteiger partial charge is 0.315 e. The average molecular weight is 328 g/mol. The van der Waals surface area contributed by atoms with E-state index >= 15 is 0 Å². The maximum atomic E-state index is 13.3. The third kappa shape index (κ3) is 3.81. The van der Waals surface area contributed by atoms with Crippen LogP contribution in [0.15, 0.2) is 28.5 Å². The van der Waals surface area contributed by atoms with E-state index in [4.69, 9.17) is 0 Å². The zero-order chi connectivity index (χ0) is 15.6. The number of sulfonamides is 1. The number of hydrogen-bond donors (Lipinski definition) is 2. The highest BCUT2D eigenvalue weighted by atomic mass is 32.2. The molecule has 1 aromatic carbocycles. The van der Waals surface area contributed by atoms with Crippen molar-refractivity contribution in [1.29, 1.82) is 0 Å². The molecule has 1 aromatic heterocycles. The van der Waals surface area contributed by atoms with Gasteiger partial charge in [0.15, 0.2) is 0 Å². The second-order valence-electron chi connectivity index (χ2n) is 4.82. The second-order valence-corrected chi connectivity index (χ2v) is 7.87. The molecule has 2 N–H and O–H groups in total. The Hall–Kier alpha value is -1.44. The van der Waals surface area contributed by atoms with Crippen molar-refractivity contribution in [2.75, 3.05) is 11.8 Å². The first-order valence-electron chi connectivity index (χ1n) is 6.36. The third-order valence-corrected chi connectivity index (χ3v) is 5.99. The maximum absolute atomic E-state index is 13.3. The van der Waals surface area contributed by atoms with Crippen molar-refractivity contribution in [3.05, 3.63) is 46.1 Å². The van der Waals surface area contributed by atoms with Crippen molar-refractivity contribution in [2.24, 2.45) is 0 Å². The van der Waals surface area contributed by atoms with E-state index in [2.05, 4.69) is 10.0 Å². The molecule has 4 nitrogen and oxygen atoms in total. The number of benzene rings is 1. The van der Waals surface area contributed by atoms with Crippen LogP contribution in [-0.2, 0) is 16.6 Å². The SMILES string of the molecule is CNCc1sc(S(=O)(=O)Nc2cc(C)cc(F)c2)cc1C. The van der Waals surface area contributed by atoms with E-state index in [-0.39, 0.29) is 9.90 Å². The van der Waals surface area contributed by atoms with Crippen molar-refractivity contribution in [3.63, 3.8) is 0 Å². The summed E-state index contributed by atoms with van der Waals surface area (Å²) in [5.41, 5.74) is 1.81. The Balaban J connectivity index is 2.31. The highest BCUT2D eigenvalue weighted by molar-refractivity contribution is 7.94. The van der Waals surface area contributed by atoms with Crippen LogP contribution in [0.2, 0.25) is 0 Å². The summed E-state index contributed by atoms with van der Waals surface area (Å²) in [6.45, 7) is 4.20. The van der Waals surface area contributed by atoms with Gasteiger partial charge in [0, 0.05) is 11.4 Å². The van der Waals surface area contributed by atoms with E-state index in [9.17, 15) is 12.8 Å². The van der Waals surface area contributed by atoms with Crippen molar-refractivity contribution in [2.45, 2.75) is 24.6 Å². The molecular formula is C14H17FN2O2S2. The number of aryl methyl sites for hydroxylation is 2. The normalized spacial score (nSPS) is 11.6. The Labute approximate surface area is 128 Å². The monoisotopic (exact) mass is 328 g/mol. The van der Waals surface area contributed by atoms with Crippen molar-refractivity contribution in [3.8, 4) is 0 Å². The molecule has 0 unspecified atom stereocenters. The minimum Gasteiger partial charge on any atom is -0.315 e. The molecule has 0 saturated carbocycles. The van der Waals surface area contributed by atoms with Gasteiger partial charge in [-0.05, 0) is 56.3 Å². The van der Waals surface area contributed by atoms with Crippen LogP contribution in [0.1, 0.15) is 16.0 Å². The topological polar surface area (TPSA) is 58.2 Å². The second kappa shape index (κ2) is 6.13. The van der Waals surface area contributed by atoms with Gasteiger partial charge in [0.05, 0.1) is 5.69 Å².